The number of nitrogens with one attached hydrogen (secondary N) is 1. The Morgan fingerprint density at radius 3 is 2.69 bits per heavy atom. The molecular weight excluding hydrogens is 224 g/mol. The second-order valence-corrected chi connectivity index (χ2v) is 7.02. The van der Waals surface area contributed by atoms with E-state index in [1.54, 1.807) is 12.3 Å². The molecule has 0 bridgehead atoms. The van der Waals surface area contributed by atoms with E-state index < -0.39 is 9.84 Å². The first-order valence-electron chi connectivity index (χ1n) is 5.30. The Bertz CT molecular complexity index is 468. The van der Waals surface area contributed by atoms with Crippen molar-refractivity contribution >= 4 is 16.1 Å². The van der Waals surface area contributed by atoms with Crippen molar-refractivity contribution in [1.29, 1.82) is 0 Å². The highest BCUT2D eigenvalue weighted by molar-refractivity contribution is 7.96. The molecule has 0 amide bonds. The highest BCUT2D eigenvalue weighted by atomic mass is 32.2. The van der Waals surface area contributed by atoms with E-state index in [4.69, 9.17) is 0 Å². The van der Waals surface area contributed by atoms with Crippen LogP contribution in [-0.4, -0.2) is 33.0 Å². The van der Waals surface area contributed by atoms with Gasteiger partial charge in [-0.2, -0.15) is 0 Å². The van der Waals surface area contributed by atoms with Gasteiger partial charge in [-0.15, -0.1) is 0 Å². The third-order valence-electron chi connectivity index (χ3n) is 2.80. The molecule has 88 valence electrons. The zero-order valence-corrected chi connectivity index (χ0v) is 10.3. The van der Waals surface area contributed by atoms with Gasteiger partial charge >= 0.3 is 0 Å². The highest BCUT2D eigenvalue weighted by Gasteiger charge is 2.33. The lowest BCUT2D eigenvalue weighted by Crippen LogP contribution is -2.51. The van der Waals surface area contributed by atoms with Crippen LogP contribution in [0.3, 0.4) is 0 Å². The summed E-state index contributed by atoms with van der Waals surface area (Å²) in [7, 11) is -3.20. The topological polar surface area (TPSA) is 58.5 Å². The summed E-state index contributed by atoms with van der Waals surface area (Å²) in [4.78, 5) is 4.38. The van der Waals surface area contributed by atoms with Crippen LogP contribution in [0.15, 0.2) is 28.2 Å². The Labute approximate surface area is 96.1 Å². The fourth-order valence-electron chi connectivity index (χ4n) is 1.53. The molecule has 2 aliphatic rings. The molecule has 0 saturated carbocycles. The minimum atomic E-state index is -3.20. The summed E-state index contributed by atoms with van der Waals surface area (Å²) in [5, 5.41) is 2.68. The van der Waals surface area contributed by atoms with Crippen molar-refractivity contribution < 1.29 is 8.42 Å². The Balaban J connectivity index is 2.29. The van der Waals surface area contributed by atoms with Crippen molar-refractivity contribution in [3.63, 3.8) is 0 Å². The minimum Gasteiger partial charge on any atom is -0.314 e. The number of nitrogens with zero attached hydrogens (tertiary/aromatic N) is 1. The Hall–Kier alpha value is -0.940. The molecule has 1 fully saturated rings. The molecule has 4 nitrogen and oxygen atoms in total. The second kappa shape index (κ2) is 3.82. The van der Waals surface area contributed by atoms with Gasteiger partial charge in [0, 0.05) is 30.9 Å². The number of aliphatic imine (C=N–C) groups is 1. The maximum atomic E-state index is 12.1. The fraction of sp³-hybridized carbons (Fsp3) is 0.545. The predicted molar refractivity (Wildman–Crippen MR) is 65.1 cm³/mol. The molecule has 2 heterocycles. The predicted octanol–water partition coefficient (Wildman–Crippen LogP) is 0.881. The van der Waals surface area contributed by atoms with Crippen molar-refractivity contribution in [2.45, 2.75) is 19.1 Å². The van der Waals surface area contributed by atoms with Gasteiger partial charge in [0.1, 0.15) is 0 Å². The number of sulfone groups is 1. The van der Waals surface area contributed by atoms with Gasteiger partial charge in [0.05, 0.1) is 10.2 Å². The maximum absolute atomic E-state index is 12.1. The molecule has 2 aliphatic heterocycles. The SMILES string of the molecule is CC1(C)C=CC(S(=O)(=O)C2CNC2)=CN=C1. The van der Waals surface area contributed by atoms with Gasteiger partial charge in [0.2, 0.25) is 0 Å². The van der Waals surface area contributed by atoms with E-state index in [1.165, 1.54) is 6.20 Å². The first-order chi connectivity index (χ1) is 7.42. The highest BCUT2D eigenvalue weighted by Crippen LogP contribution is 2.24. The molecule has 0 atom stereocenters. The molecule has 0 unspecified atom stereocenters. The van der Waals surface area contributed by atoms with Crippen LogP contribution in [0.4, 0.5) is 0 Å². The third kappa shape index (κ3) is 2.10. The van der Waals surface area contributed by atoms with E-state index >= 15 is 0 Å². The maximum Gasteiger partial charge on any atom is 0.185 e. The lowest BCUT2D eigenvalue weighted by atomic mass is 9.95. The van der Waals surface area contributed by atoms with E-state index in [2.05, 4.69) is 10.3 Å². The zero-order chi connectivity index (χ0) is 11.8. The monoisotopic (exact) mass is 240 g/mol. The van der Waals surface area contributed by atoms with E-state index in [1.807, 2.05) is 19.9 Å². The van der Waals surface area contributed by atoms with Crippen LogP contribution in [-0.2, 0) is 9.84 Å². The fourth-order valence-corrected chi connectivity index (χ4v) is 3.05. The quantitative estimate of drug-likeness (QED) is 0.779. The smallest absolute Gasteiger partial charge is 0.185 e. The average Bonchev–Trinajstić information content (AvgIpc) is 2.22. The van der Waals surface area contributed by atoms with Crippen LogP contribution in [0.5, 0.6) is 0 Å². The standard InChI is InChI=1S/C11H16N2O2S/c1-11(2)4-3-9(5-13-8-11)16(14,15)10-6-12-7-10/h3-5,8,10,12H,6-7H2,1-2H3. The van der Waals surface area contributed by atoms with Crippen molar-refractivity contribution in [2.75, 3.05) is 13.1 Å². The number of rotatable bonds is 2. The molecule has 5 heteroatoms. The first kappa shape index (κ1) is 11.5. The molecule has 0 aromatic heterocycles. The van der Waals surface area contributed by atoms with Crippen molar-refractivity contribution in [2.24, 2.45) is 10.4 Å². The molecular formula is C11H16N2O2S. The van der Waals surface area contributed by atoms with Gasteiger partial charge in [0.15, 0.2) is 9.84 Å². The summed E-state index contributed by atoms with van der Waals surface area (Å²) in [6.45, 7) is 5.06. The molecule has 2 rings (SSSR count). The van der Waals surface area contributed by atoms with Crippen LogP contribution in [0.25, 0.3) is 0 Å². The summed E-state index contributed by atoms with van der Waals surface area (Å²) in [5.74, 6) is 0. The lowest BCUT2D eigenvalue weighted by Gasteiger charge is -2.26. The lowest BCUT2D eigenvalue weighted by molar-refractivity contribution is 0.499. The van der Waals surface area contributed by atoms with Gasteiger partial charge < -0.3 is 5.32 Å². The third-order valence-corrected chi connectivity index (χ3v) is 4.91. The molecule has 0 aromatic rings. The van der Waals surface area contributed by atoms with Crippen LogP contribution in [0.2, 0.25) is 0 Å². The molecule has 0 aliphatic carbocycles. The minimum absolute atomic E-state index is 0.189. The zero-order valence-electron chi connectivity index (χ0n) is 9.47. The Kier molecular flexibility index (Phi) is 2.75. The summed E-state index contributed by atoms with van der Waals surface area (Å²) in [6.07, 6.45) is 6.74. The van der Waals surface area contributed by atoms with Crippen LogP contribution in [0.1, 0.15) is 13.8 Å². The summed E-state index contributed by atoms with van der Waals surface area (Å²) >= 11 is 0. The largest absolute Gasteiger partial charge is 0.314 e. The first-order valence-corrected chi connectivity index (χ1v) is 6.85. The van der Waals surface area contributed by atoms with Crippen LogP contribution in [0, 0.1) is 5.41 Å². The van der Waals surface area contributed by atoms with E-state index in [9.17, 15) is 8.42 Å². The van der Waals surface area contributed by atoms with E-state index in [0.29, 0.717) is 18.0 Å². The van der Waals surface area contributed by atoms with Crippen molar-refractivity contribution in [1.82, 2.24) is 5.32 Å². The van der Waals surface area contributed by atoms with E-state index in [0.717, 1.165) is 0 Å². The molecule has 0 aromatic carbocycles. The summed E-state index contributed by atoms with van der Waals surface area (Å²) in [6, 6.07) is 0. The van der Waals surface area contributed by atoms with E-state index in [-0.39, 0.29) is 10.7 Å². The van der Waals surface area contributed by atoms with Crippen molar-refractivity contribution in [3.05, 3.63) is 23.3 Å². The number of allylic oxidation sites excluding steroid dienone is 2. The molecule has 0 radical (unpaired) electrons. The molecule has 1 saturated heterocycles. The van der Waals surface area contributed by atoms with Crippen molar-refractivity contribution in [3.8, 4) is 0 Å². The van der Waals surface area contributed by atoms with Gasteiger partial charge in [0.25, 0.3) is 0 Å². The van der Waals surface area contributed by atoms with Gasteiger partial charge in [-0.25, -0.2) is 8.42 Å². The van der Waals surface area contributed by atoms with Gasteiger partial charge in [-0.05, 0) is 6.08 Å². The van der Waals surface area contributed by atoms with Gasteiger partial charge in [-0.1, -0.05) is 19.9 Å². The Morgan fingerprint density at radius 2 is 2.12 bits per heavy atom. The second-order valence-electron chi connectivity index (χ2n) is 4.79. The average molecular weight is 240 g/mol. The molecule has 0 spiro atoms. The van der Waals surface area contributed by atoms with Crippen LogP contribution < -0.4 is 5.32 Å². The Morgan fingerprint density at radius 1 is 1.44 bits per heavy atom. The number of hydrogen-bond donors (Lipinski definition) is 1. The molecule has 1 N–H and O–H groups in total. The summed E-state index contributed by atoms with van der Waals surface area (Å²) < 4.78 is 24.2. The number of hydrogen-bond acceptors (Lipinski definition) is 4. The van der Waals surface area contributed by atoms with Crippen LogP contribution >= 0.6 is 0 Å². The molecule has 16 heavy (non-hydrogen) atoms. The summed E-state index contributed by atoms with van der Waals surface area (Å²) in [5.41, 5.74) is -0.189. The van der Waals surface area contributed by atoms with Gasteiger partial charge in [-0.3, -0.25) is 4.99 Å². The normalized spacial score (nSPS) is 24.8.